The van der Waals surface area contributed by atoms with E-state index in [2.05, 4.69) is 21.2 Å². The molecule has 1 atom stereocenters. The number of rotatable bonds is 3. The van der Waals surface area contributed by atoms with Crippen LogP contribution in [-0.2, 0) is 0 Å². The fraction of sp³-hybridized carbons (Fsp3) is 0.154. The second-order valence-electron chi connectivity index (χ2n) is 3.96. The van der Waals surface area contributed by atoms with Crippen LogP contribution in [0.15, 0.2) is 34.8 Å². The van der Waals surface area contributed by atoms with Crippen molar-refractivity contribution < 1.29 is 4.79 Å². The van der Waals surface area contributed by atoms with Crippen molar-refractivity contribution in [1.82, 2.24) is 5.32 Å². The summed E-state index contributed by atoms with van der Waals surface area (Å²) in [6, 6.07) is 8.74. The monoisotopic (exact) mass is 377 g/mol. The van der Waals surface area contributed by atoms with Crippen LogP contribution in [0.5, 0.6) is 0 Å². The average molecular weight is 379 g/mol. The van der Waals surface area contributed by atoms with Crippen LogP contribution in [0.25, 0.3) is 0 Å². The van der Waals surface area contributed by atoms with Gasteiger partial charge in [-0.15, -0.1) is 11.3 Å². The van der Waals surface area contributed by atoms with Crippen molar-refractivity contribution in [3.8, 4) is 0 Å². The van der Waals surface area contributed by atoms with Gasteiger partial charge in [0.1, 0.15) is 0 Å². The molecule has 0 aliphatic heterocycles. The van der Waals surface area contributed by atoms with Gasteiger partial charge < -0.3 is 5.32 Å². The third-order valence-electron chi connectivity index (χ3n) is 2.54. The number of amides is 1. The van der Waals surface area contributed by atoms with Gasteiger partial charge in [0, 0.05) is 14.4 Å². The molecule has 0 aliphatic rings. The lowest BCUT2D eigenvalue weighted by Gasteiger charge is -2.13. The van der Waals surface area contributed by atoms with Gasteiger partial charge in [0.25, 0.3) is 5.91 Å². The lowest BCUT2D eigenvalue weighted by Crippen LogP contribution is -2.26. The second kappa shape index (κ2) is 6.27. The fourth-order valence-electron chi connectivity index (χ4n) is 1.58. The highest BCUT2D eigenvalue weighted by Crippen LogP contribution is 2.27. The highest BCUT2D eigenvalue weighted by atomic mass is 79.9. The van der Waals surface area contributed by atoms with Crippen molar-refractivity contribution in [1.29, 1.82) is 0 Å². The number of carbonyl (C=O) groups is 1. The molecule has 0 saturated heterocycles. The summed E-state index contributed by atoms with van der Waals surface area (Å²) in [6.45, 7) is 1.92. The first-order chi connectivity index (χ1) is 8.97. The number of carbonyl (C=O) groups excluding carboxylic acids is 1. The smallest absolute Gasteiger partial charge is 0.252 e. The Morgan fingerprint density at radius 3 is 2.68 bits per heavy atom. The summed E-state index contributed by atoms with van der Waals surface area (Å²) in [6.07, 6.45) is 0. The van der Waals surface area contributed by atoms with E-state index in [1.807, 2.05) is 19.1 Å². The molecule has 0 saturated carbocycles. The first kappa shape index (κ1) is 14.9. The third-order valence-corrected chi connectivity index (χ3v) is 4.88. The van der Waals surface area contributed by atoms with Crippen molar-refractivity contribution >= 4 is 56.4 Å². The maximum atomic E-state index is 12.2. The highest BCUT2D eigenvalue weighted by molar-refractivity contribution is 9.10. The van der Waals surface area contributed by atoms with Gasteiger partial charge in [-0.3, -0.25) is 4.79 Å². The van der Waals surface area contributed by atoms with E-state index in [0.717, 1.165) is 4.88 Å². The number of halogens is 3. The average Bonchev–Trinajstić information content (AvgIpc) is 2.79. The van der Waals surface area contributed by atoms with Crippen LogP contribution in [0.1, 0.15) is 28.2 Å². The van der Waals surface area contributed by atoms with Crippen molar-refractivity contribution in [3.63, 3.8) is 0 Å². The molecule has 2 nitrogen and oxygen atoms in total. The van der Waals surface area contributed by atoms with Crippen LogP contribution in [-0.4, -0.2) is 5.91 Å². The molecule has 19 heavy (non-hydrogen) atoms. The summed E-state index contributed by atoms with van der Waals surface area (Å²) < 4.78 is 1.42. The number of hydrogen-bond acceptors (Lipinski definition) is 2. The Hall–Kier alpha value is -0.550. The van der Waals surface area contributed by atoms with E-state index >= 15 is 0 Å². The van der Waals surface area contributed by atoms with Gasteiger partial charge in [0.15, 0.2) is 0 Å². The summed E-state index contributed by atoms with van der Waals surface area (Å²) in [5, 5.41) is 3.45. The van der Waals surface area contributed by atoms with Crippen LogP contribution in [0.3, 0.4) is 0 Å². The normalized spacial score (nSPS) is 12.2. The zero-order valence-corrected chi connectivity index (χ0v) is 13.8. The first-order valence-electron chi connectivity index (χ1n) is 5.48. The molecule has 1 amide bonds. The number of nitrogens with one attached hydrogen (secondary N) is 1. The maximum absolute atomic E-state index is 12.2. The molecule has 0 fully saturated rings. The predicted octanol–water partition coefficient (Wildman–Crippen LogP) is 5.31. The Balaban J connectivity index is 2.15. The van der Waals surface area contributed by atoms with E-state index in [0.29, 0.717) is 19.4 Å². The van der Waals surface area contributed by atoms with E-state index in [-0.39, 0.29) is 11.9 Å². The first-order valence-corrected chi connectivity index (χ1v) is 7.85. The quantitative estimate of drug-likeness (QED) is 0.770. The van der Waals surface area contributed by atoms with E-state index < -0.39 is 0 Å². The molecule has 2 aromatic rings. The molecule has 2 rings (SSSR count). The Bertz CT molecular complexity index is 614. The Morgan fingerprint density at radius 2 is 2.05 bits per heavy atom. The van der Waals surface area contributed by atoms with E-state index in [1.54, 1.807) is 18.2 Å². The van der Waals surface area contributed by atoms with Crippen LogP contribution in [0, 0.1) is 0 Å². The Labute approximate surface area is 133 Å². The molecule has 0 spiro atoms. The highest BCUT2D eigenvalue weighted by Gasteiger charge is 2.15. The molecule has 1 aromatic carbocycles. The van der Waals surface area contributed by atoms with E-state index in [9.17, 15) is 4.79 Å². The van der Waals surface area contributed by atoms with Gasteiger partial charge >= 0.3 is 0 Å². The molecule has 1 unspecified atom stereocenters. The number of hydrogen-bond donors (Lipinski definition) is 1. The second-order valence-corrected chi connectivity index (χ2v) is 7.00. The summed E-state index contributed by atoms with van der Waals surface area (Å²) in [7, 11) is 0. The van der Waals surface area contributed by atoms with Gasteiger partial charge in [-0.1, -0.05) is 23.2 Å². The largest absolute Gasteiger partial charge is 0.345 e. The molecular weight excluding hydrogens is 369 g/mol. The Morgan fingerprint density at radius 1 is 1.32 bits per heavy atom. The predicted molar refractivity (Wildman–Crippen MR) is 84.4 cm³/mol. The molecule has 1 heterocycles. The third kappa shape index (κ3) is 3.72. The number of benzene rings is 1. The zero-order chi connectivity index (χ0) is 14.0. The Kier molecular flexibility index (Phi) is 4.90. The lowest BCUT2D eigenvalue weighted by atomic mass is 10.2. The zero-order valence-electron chi connectivity index (χ0n) is 9.91. The number of thiophene rings is 1. The lowest BCUT2D eigenvalue weighted by molar-refractivity contribution is 0.0939. The van der Waals surface area contributed by atoms with Crippen molar-refractivity contribution in [3.05, 3.63) is 54.6 Å². The van der Waals surface area contributed by atoms with Crippen LogP contribution in [0.2, 0.25) is 9.36 Å². The molecule has 0 radical (unpaired) electrons. The minimum Gasteiger partial charge on any atom is -0.345 e. The minimum absolute atomic E-state index is 0.101. The van der Waals surface area contributed by atoms with Crippen LogP contribution >= 0.6 is 50.5 Å². The molecular formula is C13H10BrCl2NOS. The van der Waals surface area contributed by atoms with Gasteiger partial charge in [0.2, 0.25) is 0 Å². The molecule has 0 aliphatic carbocycles. The molecule has 1 N–H and O–H groups in total. The summed E-state index contributed by atoms with van der Waals surface area (Å²) >= 11 is 16.6. The van der Waals surface area contributed by atoms with Crippen LogP contribution < -0.4 is 5.32 Å². The van der Waals surface area contributed by atoms with Crippen molar-refractivity contribution in [2.45, 2.75) is 13.0 Å². The van der Waals surface area contributed by atoms with Gasteiger partial charge in [-0.2, -0.15) is 0 Å². The molecule has 6 heteroatoms. The van der Waals surface area contributed by atoms with Gasteiger partial charge in [0.05, 0.1) is 15.9 Å². The summed E-state index contributed by atoms with van der Waals surface area (Å²) in [5.74, 6) is -0.175. The van der Waals surface area contributed by atoms with Crippen molar-refractivity contribution in [2.24, 2.45) is 0 Å². The maximum Gasteiger partial charge on any atom is 0.252 e. The van der Waals surface area contributed by atoms with E-state index in [1.165, 1.54) is 11.3 Å². The SMILES string of the molecule is CC(NC(=O)c1cc(Cl)ccc1Br)c1ccc(Cl)s1. The minimum atomic E-state index is -0.175. The van der Waals surface area contributed by atoms with Crippen LogP contribution in [0.4, 0.5) is 0 Å². The van der Waals surface area contributed by atoms with E-state index in [4.69, 9.17) is 23.2 Å². The summed E-state index contributed by atoms with van der Waals surface area (Å²) in [4.78, 5) is 13.2. The van der Waals surface area contributed by atoms with Gasteiger partial charge in [-0.25, -0.2) is 0 Å². The molecule has 100 valence electrons. The molecule has 1 aromatic heterocycles. The molecule has 0 bridgehead atoms. The standard InChI is InChI=1S/C13H10BrCl2NOS/c1-7(11-4-5-12(16)19-11)17-13(18)9-6-8(15)2-3-10(9)14/h2-7H,1H3,(H,17,18). The topological polar surface area (TPSA) is 29.1 Å². The van der Waals surface area contributed by atoms with Crippen molar-refractivity contribution in [2.75, 3.05) is 0 Å². The van der Waals surface area contributed by atoms with Gasteiger partial charge in [-0.05, 0) is 53.2 Å². The fourth-order valence-corrected chi connectivity index (χ4v) is 3.24. The summed E-state index contributed by atoms with van der Waals surface area (Å²) in [5.41, 5.74) is 0.516.